The molecule has 1 nitrogen and oxygen atoms in total. The third kappa shape index (κ3) is 5.81. The Morgan fingerprint density at radius 2 is 1.83 bits per heavy atom. The molecule has 0 saturated heterocycles. The standard InChI is InChI=1S/C14H22OS3/c1-3-5-9-17-14(18-10-6-4-2)13(15)12-8-7-11-16-12/h7-8,11,14H,3-6,9-10H2,1-2H3. The molecule has 0 aliphatic rings. The van der Waals surface area contributed by atoms with Gasteiger partial charge in [0.05, 0.1) is 4.88 Å². The fourth-order valence-corrected chi connectivity index (χ4v) is 5.11. The molecule has 0 atom stereocenters. The maximum absolute atomic E-state index is 12.4. The van der Waals surface area contributed by atoms with Crippen LogP contribution in [0.15, 0.2) is 17.5 Å². The molecule has 0 radical (unpaired) electrons. The molecule has 18 heavy (non-hydrogen) atoms. The van der Waals surface area contributed by atoms with E-state index >= 15 is 0 Å². The van der Waals surface area contributed by atoms with Crippen molar-refractivity contribution in [3.05, 3.63) is 22.4 Å². The van der Waals surface area contributed by atoms with Gasteiger partial charge in [0.25, 0.3) is 0 Å². The Kier molecular flexibility index (Phi) is 8.90. The molecule has 0 fully saturated rings. The molecule has 1 aromatic heterocycles. The Hall–Kier alpha value is 0.0700. The number of carbonyl (C=O) groups excluding carboxylic acids is 1. The maximum atomic E-state index is 12.4. The van der Waals surface area contributed by atoms with Gasteiger partial charge < -0.3 is 0 Å². The Bertz CT molecular complexity index is 312. The van der Waals surface area contributed by atoms with Crippen molar-refractivity contribution in [2.75, 3.05) is 11.5 Å². The summed E-state index contributed by atoms with van der Waals surface area (Å²) in [6.45, 7) is 4.39. The van der Waals surface area contributed by atoms with Gasteiger partial charge in [0.2, 0.25) is 0 Å². The Morgan fingerprint density at radius 1 is 1.22 bits per heavy atom. The van der Waals surface area contributed by atoms with E-state index in [1.165, 1.54) is 25.7 Å². The van der Waals surface area contributed by atoms with E-state index in [9.17, 15) is 4.79 Å². The third-order valence-corrected chi connectivity index (χ3v) is 6.30. The minimum absolute atomic E-state index is 0.0988. The zero-order valence-corrected chi connectivity index (χ0v) is 13.6. The van der Waals surface area contributed by atoms with Crippen molar-refractivity contribution in [3.8, 4) is 0 Å². The Labute approximate surface area is 123 Å². The quantitative estimate of drug-likeness (QED) is 0.330. The summed E-state index contributed by atoms with van der Waals surface area (Å²) in [5.74, 6) is 2.50. The average Bonchev–Trinajstić information content (AvgIpc) is 2.90. The van der Waals surface area contributed by atoms with Crippen LogP contribution in [0, 0.1) is 0 Å². The Balaban J connectivity index is 2.49. The van der Waals surface area contributed by atoms with E-state index in [1.54, 1.807) is 11.3 Å². The molecule has 0 N–H and O–H groups in total. The topological polar surface area (TPSA) is 17.1 Å². The van der Waals surface area contributed by atoms with Crippen LogP contribution >= 0.6 is 34.9 Å². The summed E-state index contributed by atoms with van der Waals surface area (Å²) < 4.78 is 0.0988. The summed E-state index contributed by atoms with van der Waals surface area (Å²) in [6.07, 6.45) is 4.81. The van der Waals surface area contributed by atoms with Crippen molar-refractivity contribution < 1.29 is 4.79 Å². The van der Waals surface area contributed by atoms with Crippen molar-refractivity contribution in [1.82, 2.24) is 0 Å². The van der Waals surface area contributed by atoms with Crippen LogP contribution in [0.5, 0.6) is 0 Å². The summed E-state index contributed by atoms with van der Waals surface area (Å²) in [7, 11) is 0. The number of rotatable bonds is 10. The van der Waals surface area contributed by atoms with Crippen LogP contribution in [0.25, 0.3) is 0 Å². The number of hydrogen-bond acceptors (Lipinski definition) is 4. The van der Waals surface area contributed by atoms with E-state index in [4.69, 9.17) is 0 Å². The summed E-state index contributed by atoms with van der Waals surface area (Å²) in [5.41, 5.74) is 0. The first kappa shape index (κ1) is 16.1. The maximum Gasteiger partial charge on any atom is 0.195 e. The van der Waals surface area contributed by atoms with Crippen LogP contribution < -0.4 is 0 Å². The largest absolute Gasteiger partial charge is 0.291 e. The highest BCUT2D eigenvalue weighted by Crippen LogP contribution is 2.30. The van der Waals surface area contributed by atoms with Crippen LogP contribution in [0.4, 0.5) is 0 Å². The molecular formula is C14H22OS3. The molecule has 0 bridgehead atoms. The van der Waals surface area contributed by atoms with Gasteiger partial charge in [-0.15, -0.1) is 34.9 Å². The molecule has 0 spiro atoms. The lowest BCUT2D eigenvalue weighted by Crippen LogP contribution is -2.14. The minimum atomic E-state index is 0.0988. The third-order valence-electron chi connectivity index (χ3n) is 2.51. The molecule has 0 unspecified atom stereocenters. The van der Waals surface area contributed by atoms with E-state index in [0.29, 0.717) is 5.78 Å². The summed E-state index contributed by atoms with van der Waals surface area (Å²) in [4.78, 5) is 13.3. The molecule has 0 saturated carbocycles. The van der Waals surface area contributed by atoms with Gasteiger partial charge >= 0.3 is 0 Å². The van der Waals surface area contributed by atoms with Gasteiger partial charge in [-0.05, 0) is 35.8 Å². The molecule has 1 aromatic rings. The highest BCUT2D eigenvalue weighted by Gasteiger charge is 2.21. The van der Waals surface area contributed by atoms with Gasteiger partial charge in [-0.3, -0.25) is 4.79 Å². The molecule has 1 heterocycles. The van der Waals surface area contributed by atoms with Crippen LogP contribution in [0.1, 0.15) is 49.2 Å². The second-order valence-electron chi connectivity index (χ2n) is 4.12. The molecule has 4 heteroatoms. The van der Waals surface area contributed by atoms with E-state index in [0.717, 1.165) is 16.4 Å². The summed E-state index contributed by atoms with van der Waals surface area (Å²) in [6, 6.07) is 3.91. The number of Topliss-reactive ketones (excluding diaryl/α,β-unsaturated/α-hetero) is 1. The normalized spacial score (nSPS) is 11.1. The van der Waals surface area contributed by atoms with E-state index in [-0.39, 0.29) is 4.58 Å². The number of thioether (sulfide) groups is 2. The molecule has 0 aliphatic carbocycles. The smallest absolute Gasteiger partial charge is 0.195 e. The van der Waals surface area contributed by atoms with Gasteiger partial charge in [-0.2, -0.15) is 0 Å². The highest BCUT2D eigenvalue weighted by atomic mass is 32.2. The SMILES string of the molecule is CCCCSC(SCCCC)C(=O)c1cccs1. The van der Waals surface area contributed by atoms with Gasteiger partial charge in [0.15, 0.2) is 5.78 Å². The van der Waals surface area contributed by atoms with Crippen molar-refractivity contribution in [2.45, 2.75) is 44.1 Å². The molecule has 1 rings (SSSR count). The second-order valence-corrected chi connectivity index (χ2v) is 7.79. The van der Waals surface area contributed by atoms with Crippen LogP contribution in [0.2, 0.25) is 0 Å². The first-order valence-corrected chi connectivity index (χ1v) is 9.58. The molecular weight excluding hydrogens is 280 g/mol. The molecule has 0 aliphatic heterocycles. The summed E-state index contributed by atoms with van der Waals surface area (Å²) in [5, 5.41) is 1.98. The highest BCUT2D eigenvalue weighted by molar-refractivity contribution is 8.18. The zero-order chi connectivity index (χ0) is 13.2. The lowest BCUT2D eigenvalue weighted by molar-refractivity contribution is 0.101. The van der Waals surface area contributed by atoms with E-state index < -0.39 is 0 Å². The zero-order valence-electron chi connectivity index (χ0n) is 11.2. The van der Waals surface area contributed by atoms with Gasteiger partial charge in [-0.25, -0.2) is 0 Å². The minimum Gasteiger partial charge on any atom is -0.291 e. The first-order chi connectivity index (χ1) is 8.79. The fourth-order valence-electron chi connectivity index (χ4n) is 1.40. The van der Waals surface area contributed by atoms with Crippen molar-refractivity contribution >= 4 is 40.6 Å². The number of carbonyl (C=O) groups is 1. The number of hydrogen-bond donors (Lipinski definition) is 0. The first-order valence-electron chi connectivity index (χ1n) is 6.60. The van der Waals surface area contributed by atoms with E-state index in [2.05, 4.69) is 13.8 Å². The van der Waals surface area contributed by atoms with Gasteiger partial charge in [-0.1, -0.05) is 32.8 Å². The van der Waals surface area contributed by atoms with E-state index in [1.807, 2.05) is 41.0 Å². The predicted octanol–water partition coefficient (Wildman–Crippen LogP) is 5.32. The van der Waals surface area contributed by atoms with Gasteiger partial charge in [0.1, 0.15) is 4.58 Å². The van der Waals surface area contributed by atoms with Crippen molar-refractivity contribution in [1.29, 1.82) is 0 Å². The molecule has 0 amide bonds. The lowest BCUT2D eigenvalue weighted by Gasteiger charge is -2.14. The van der Waals surface area contributed by atoms with Crippen molar-refractivity contribution in [3.63, 3.8) is 0 Å². The van der Waals surface area contributed by atoms with Crippen LogP contribution in [-0.2, 0) is 0 Å². The lowest BCUT2D eigenvalue weighted by atomic mass is 10.3. The fraction of sp³-hybridized carbons (Fsp3) is 0.643. The van der Waals surface area contributed by atoms with Crippen molar-refractivity contribution in [2.24, 2.45) is 0 Å². The predicted molar refractivity (Wildman–Crippen MR) is 87.2 cm³/mol. The number of thiophene rings is 1. The number of unbranched alkanes of at least 4 members (excludes halogenated alkanes) is 2. The van der Waals surface area contributed by atoms with Gasteiger partial charge in [0, 0.05) is 0 Å². The van der Waals surface area contributed by atoms with Crippen LogP contribution in [0.3, 0.4) is 0 Å². The number of ketones is 1. The Morgan fingerprint density at radius 3 is 2.28 bits per heavy atom. The monoisotopic (exact) mass is 302 g/mol. The second kappa shape index (κ2) is 9.93. The summed E-state index contributed by atoms with van der Waals surface area (Å²) >= 11 is 5.21. The average molecular weight is 303 g/mol. The molecule has 0 aromatic carbocycles. The van der Waals surface area contributed by atoms with Crippen LogP contribution in [-0.4, -0.2) is 21.9 Å². The molecule has 102 valence electrons.